The normalized spacial score (nSPS) is 13.1. The summed E-state index contributed by atoms with van der Waals surface area (Å²) >= 11 is 3.00. The number of aryl methyl sites for hydroxylation is 1. The van der Waals surface area contributed by atoms with Crippen LogP contribution in [0.2, 0.25) is 0 Å². The number of aromatic nitrogens is 2. The Morgan fingerprint density at radius 3 is 2.50 bits per heavy atom. The van der Waals surface area contributed by atoms with Gasteiger partial charge >= 0.3 is 12.1 Å². The second kappa shape index (κ2) is 15.9. The summed E-state index contributed by atoms with van der Waals surface area (Å²) in [5, 5.41) is 11.7. The Morgan fingerprint density at radius 2 is 1.82 bits per heavy atom. The molecule has 3 N–H and O–H groups in total. The summed E-state index contributed by atoms with van der Waals surface area (Å²) in [7, 11) is 1.68. The topological polar surface area (TPSA) is 126 Å². The first-order chi connectivity index (χ1) is 19.2. The fraction of sp³-hybridized carbons (Fsp3) is 0.464. The average Bonchev–Trinajstić information content (AvgIpc) is 3.63. The van der Waals surface area contributed by atoms with Crippen molar-refractivity contribution in [2.45, 2.75) is 77.7 Å². The molecule has 2 aromatic heterocycles. The van der Waals surface area contributed by atoms with Gasteiger partial charge < -0.3 is 25.6 Å². The molecule has 1 aromatic carbocycles. The van der Waals surface area contributed by atoms with E-state index in [-0.39, 0.29) is 30.6 Å². The number of amides is 4. The van der Waals surface area contributed by atoms with Crippen molar-refractivity contribution in [2.75, 3.05) is 7.05 Å². The Labute approximate surface area is 243 Å². The molecular formula is C28H38N6O4S2. The summed E-state index contributed by atoms with van der Waals surface area (Å²) in [6.45, 7) is 6.16. The molecule has 0 unspecified atom stereocenters. The number of carbonyl (C=O) groups is 3. The lowest BCUT2D eigenvalue weighted by atomic mass is 9.99. The fourth-order valence-corrected chi connectivity index (χ4v) is 5.17. The average molecular weight is 587 g/mol. The summed E-state index contributed by atoms with van der Waals surface area (Å²) < 4.78 is 5.26. The molecule has 10 nitrogen and oxygen atoms in total. The SMILES string of the molecule is CCc1nc(CN(C)C(=O)N[C@H](C)C(=O)N[C@H](CC[C@H](C)NC(=O)OCc2cncs2)Cc2ccccc2)cs1. The molecule has 0 aliphatic rings. The van der Waals surface area contributed by atoms with Crippen LogP contribution in [0.25, 0.3) is 0 Å². The van der Waals surface area contributed by atoms with Crippen LogP contribution in [0.5, 0.6) is 0 Å². The third-order valence-electron chi connectivity index (χ3n) is 6.19. The van der Waals surface area contributed by atoms with Crippen molar-refractivity contribution in [3.63, 3.8) is 0 Å². The van der Waals surface area contributed by atoms with Gasteiger partial charge in [-0.1, -0.05) is 37.3 Å². The number of alkyl carbamates (subject to hydrolysis) is 1. The lowest BCUT2D eigenvalue weighted by Gasteiger charge is -2.25. The number of benzene rings is 1. The highest BCUT2D eigenvalue weighted by molar-refractivity contribution is 7.09. The lowest BCUT2D eigenvalue weighted by molar-refractivity contribution is -0.123. The summed E-state index contributed by atoms with van der Waals surface area (Å²) in [4.78, 5) is 48.8. The third-order valence-corrected chi connectivity index (χ3v) is 7.99. The van der Waals surface area contributed by atoms with Crippen LogP contribution < -0.4 is 16.0 Å². The first kappa shape index (κ1) is 31.0. The largest absolute Gasteiger partial charge is 0.444 e. The Bertz CT molecular complexity index is 1200. The minimum Gasteiger partial charge on any atom is -0.444 e. The van der Waals surface area contributed by atoms with Gasteiger partial charge in [-0.15, -0.1) is 22.7 Å². The Morgan fingerprint density at radius 1 is 1.05 bits per heavy atom. The number of nitrogens with one attached hydrogen (secondary N) is 3. The summed E-state index contributed by atoms with van der Waals surface area (Å²) in [5.41, 5.74) is 3.60. The molecule has 216 valence electrons. The van der Waals surface area contributed by atoms with Crippen LogP contribution in [0.3, 0.4) is 0 Å². The van der Waals surface area contributed by atoms with Gasteiger partial charge in [0.1, 0.15) is 12.6 Å². The van der Waals surface area contributed by atoms with Crippen LogP contribution in [-0.4, -0.2) is 58.1 Å². The maximum Gasteiger partial charge on any atom is 0.407 e. The molecule has 3 rings (SSSR count). The zero-order valence-corrected chi connectivity index (χ0v) is 25.0. The number of hydrogen-bond acceptors (Lipinski definition) is 8. The zero-order chi connectivity index (χ0) is 28.9. The zero-order valence-electron chi connectivity index (χ0n) is 23.4. The second-order valence-corrected chi connectivity index (χ2v) is 11.6. The number of rotatable bonds is 14. The van der Waals surface area contributed by atoms with Gasteiger partial charge in [0, 0.05) is 30.7 Å². The van der Waals surface area contributed by atoms with E-state index in [0.29, 0.717) is 25.8 Å². The van der Waals surface area contributed by atoms with Crippen LogP contribution in [0.1, 0.15) is 54.8 Å². The lowest BCUT2D eigenvalue weighted by Crippen LogP contribution is -2.51. The van der Waals surface area contributed by atoms with E-state index in [9.17, 15) is 14.4 Å². The minimum absolute atomic E-state index is 0.158. The molecule has 3 aromatic rings. The number of nitrogens with zero attached hydrogens (tertiary/aromatic N) is 3. The van der Waals surface area contributed by atoms with Crippen molar-refractivity contribution in [1.82, 2.24) is 30.8 Å². The predicted molar refractivity (Wildman–Crippen MR) is 157 cm³/mol. The number of carbonyl (C=O) groups excluding carboxylic acids is 3. The molecule has 2 heterocycles. The minimum atomic E-state index is -0.730. The van der Waals surface area contributed by atoms with Crippen LogP contribution in [0, 0.1) is 0 Å². The van der Waals surface area contributed by atoms with Gasteiger partial charge in [-0.05, 0) is 45.1 Å². The molecule has 0 aliphatic heterocycles. The summed E-state index contributed by atoms with van der Waals surface area (Å²) in [6, 6.07) is 8.48. The molecule has 0 saturated carbocycles. The molecule has 0 radical (unpaired) electrons. The van der Waals surface area contributed by atoms with Crippen LogP contribution in [0.4, 0.5) is 9.59 Å². The van der Waals surface area contributed by atoms with Gasteiger partial charge in [-0.25, -0.2) is 14.6 Å². The van der Waals surface area contributed by atoms with Gasteiger partial charge in [-0.3, -0.25) is 9.78 Å². The van der Waals surface area contributed by atoms with Gasteiger partial charge in [0.2, 0.25) is 5.91 Å². The van der Waals surface area contributed by atoms with Crippen molar-refractivity contribution in [1.29, 1.82) is 0 Å². The van der Waals surface area contributed by atoms with E-state index in [1.807, 2.05) is 49.6 Å². The number of thiazole rings is 2. The molecule has 0 spiro atoms. The van der Waals surface area contributed by atoms with E-state index in [4.69, 9.17) is 4.74 Å². The molecule has 3 atom stereocenters. The van der Waals surface area contributed by atoms with E-state index >= 15 is 0 Å². The smallest absolute Gasteiger partial charge is 0.407 e. The van der Waals surface area contributed by atoms with E-state index < -0.39 is 12.1 Å². The fourth-order valence-electron chi connectivity index (χ4n) is 3.93. The highest BCUT2D eigenvalue weighted by atomic mass is 32.1. The van der Waals surface area contributed by atoms with Crippen LogP contribution in [-0.2, 0) is 35.5 Å². The summed E-state index contributed by atoms with van der Waals surface area (Å²) in [6.07, 6.45) is 3.91. The monoisotopic (exact) mass is 586 g/mol. The number of hydrogen-bond donors (Lipinski definition) is 3. The van der Waals surface area contributed by atoms with Crippen molar-refractivity contribution >= 4 is 40.7 Å². The first-order valence-corrected chi connectivity index (χ1v) is 15.1. The van der Waals surface area contributed by atoms with E-state index in [1.54, 1.807) is 37.0 Å². The van der Waals surface area contributed by atoms with Crippen molar-refractivity contribution in [3.8, 4) is 0 Å². The first-order valence-electron chi connectivity index (χ1n) is 13.3. The molecule has 0 saturated heterocycles. The van der Waals surface area contributed by atoms with Crippen LogP contribution >= 0.6 is 22.7 Å². The van der Waals surface area contributed by atoms with Gasteiger partial charge in [-0.2, -0.15) is 0 Å². The maximum atomic E-state index is 13.1. The molecule has 0 aliphatic carbocycles. The predicted octanol–water partition coefficient (Wildman–Crippen LogP) is 4.51. The number of urea groups is 1. The van der Waals surface area contributed by atoms with E-state index in [1.165, 1.54) is 16.2 Å². The molecular weight excluding hydrogens is 548 g/mol. The molecule has 4 amide bonds. The Hall–Kier alpha value is -3.51. The number of ether oxygens (including phenoxy) is 1. The molecule has 40 heavy (non-hydrogen) atoms. The van der Waals surface area contributed by atoms with Crippen molar-refractivity contribution in [3.05, 3.63) is 68.6 Å². The summed E-state index contributed by atoms with van der Waals surface area (Å²) in [5.74, 6) is -0.269. The van der Waals surface area contributed by atoms with Gasteiger partial charge in [0.15, 0.2) is 0 Å². The van der Waals surface area contributed by atoms with E-state index in [0.717, 1.165) is 27.6 Å². The Kier molecular flexibility index (Phi) is 12.4. The standard InChI is InChI=1S/C28H38N6O4S2/c1-5-25-32-23(17-39-25)15-34(4)27(36)31-20(3)26(35)33-22(13-21-9-7-6-8-10-21)12-11-19(2)30-28(37)38-16-24-14-29-18-40-24/h6-10,14,17-20,22H,5,11-13,15-16H2,1-4H3,(H,30,37)(H,31,36)(H,33,35)/t19-,20+,22+/m0/s1. The van der Waals surface area contributed by atoms with Crippen molar-refractivity contribution in [2.24, 2.45) is 0 Å². The molecule has 0 fully saturated rings. The molecule has 12 heteroatoms. The quantitative estimate of drug-likeness (QED) is 0.255. The molecule has 0 bridgehead atoms. The highest BCUT2D eigenvalue weighted by Crippen LogP contribution is 2.13. The van der Waals surface area contributed by atoms with Crippen LogP contribution in [0.15, 0.2) is 47.4 Å². The highest BCUT2D eigenvalue weighted by Gasteiger charge is 2.22. The second-order valence-electron chi connectivity index (χ2n) is 9.68. The maximum absolute atomic E-state index is 13.1. The van der Waals surface area contributed by atoms with E-state index in [2.05, 4.69) is 25.9 Å². The van der Waals surface area contributed by atoms with Gasteiger partial charge in [0.05, 0.1) is 27.6 Å². The van der Waals surface area contributed by atoms with Crippen molar-refractivity contribution < 1.29 is 19.1 Å². The van der Waals surface area contributed by atoms with Gasteiger partial charge in [0.25, 0.3) is 0 Å². The Balaban J connectivity index is 1.50. The third kappa shape index (κ3) is 10.6.